The molecule has 2 rings (SSSR count). The van der Waals surface area contributed by atoms with Crippen LogP contribution in [0, 0.1) is 0 Å². The Kier molecular flexibility index (Phi) is 4.02. The molecule has 1 aliphatic rings. The maximum Gasteiger partial charge on any atom is 0.0409 e. The minimum atomic E-state index is 0.381. The van der Waals surface area contributed by atoms with E-state index in [4.69, 9.17) is 0 Å². The molecule has 1 aromatic carbocycles. The number of benzene rings is 1. The van der Waals surface area contributed by atoms with Gasteiger partial charge in [0, 0.05) is 45.0 Å². The Bertz CT molecular complexity index is 356. The Balaban J connectivity index is 2.09. The van der Waals surface area contributed by atoms with E-state index >= 15 is 0 Å². The molecule has 0 aliphatic carbocycles. The predicted molar refractivity (Wildman–Crippen MR) is 72.6 cm³/mol. The molecule has 1 saturated heterocycles. The van der Waals surface area contributed by atoms with Gasteiger partial charge in [-0.3, -0.25) is 0 Å². The number of hydrogen-bond donors (Lipinski definition) is 1. The molecule has 93 valence electrons. The average Bonchev–Trinajstić information content (AvgIpc) is 2.81. The quantitative estimate of drug-likeness (QED) is 0.857. The molecule has 1 fully saturated rings. The van der Waals surface area contributed by atoms with Crippen molar-refractivity contribution >= 4 is 5.69 Å². The zero-order valence-electron chi connectivity index (χ0n) is 11.0. The third-order valence-corrected chi connectivity index (χ3v) is 3.36. The highest BCUT2D eigenvalue weighted by Crippen LogP contribution is 2.25. The summed E-state index contributed by atoms with van der Waals surface area (Å²) in [5.74, 6) is 0. The summed E-state index contributed by atoms with van der Waals surface area (Å²) in [5.41, 5.74) is 2.66. The average molecular weight is 232 g/mol. The maximum atomic E-state index is 4.40. The molecule has 1 radical (unpaired) electrons. The Morgan fingerprint density at radius 3 is 2.76 bits per heavy atom. The number of para-hydroxylation sites is 1. The SMILES string of the molecule is CC(N[C@H]1CC[N]C1)c1ccccc1N(C)C. The lowest BCUT2D eigenvalue weighted by molar-refractivity contribution is 0.478. The van der Waals surface area contributed by atoms with Crippen molar-refractivity contribution in [3.63, 3.8) is 0 Å². The van der Waals surface area contributed by atoms with Crippen LogP contribution in [0.2, 0.25) is 0 Å². The number of nitrogens with one attached hydrogen (secondary N) is 1. The first-order valence-corrected chi connectivity index (χ1v) is 6.34. The van der Waals surface area contributed by atoms with E-state index in [9.17, 15) is 0 Å². The topological polar surface area (TPSA) is 29.4 Å². The summed E-state index contributed by atoms with van der Waals surface area (Å²) in [5, 5.41) is 8.07. The fourth-order valence-corrected chi connectivity index (χ4v) is 2.43. The molecule has 0 amide bonds. The second kappa shape index (κ2) is 5.52. The summed E-state index contributed by atoms with van der Waals surface area (Å²) in [6.07, 6.45) is 1.18. The Morgan fingerprint density at radius 1 is 1.35 bits per heavy atom. The molecule has 0 saturated carbocycles. The highest BCUT2D eigenvalue weighted by Gasteiger charge is 2.19. The maximum absolute atomic E-state index is 4.40. The molecule has 17 heavy (non-hydrogen) atoms. The predicted octanol–water partition coefficient (Wildman–Crippen LogP) is 1.78. The lowest BCUT2D eigenvalue weighted by Crippen LogP contribution is -2.33. The van der Waals surface area contributed by atoms with Crippen molar-refractivity contribution < 1.29 is 0 Å². The third-order valence-electron chi connectivity index (χ3n) is 3.36. The van der Waals surface area contributed by atoms with Gasteiger partial charge in [-0.15, -0.1) is 0 Å². The van der Waals surface area contributed by atoms with Crippen LogP contribution in [0.25, 0.3) is 0 Å². The van der Waals surface area contributed by atoms with E-state index in [1.165, 1.54) is 17.7 Å². The van der Waals surface area contributed by atoms with Crippen LogP contribution in [0.5, 0.6) is 0 Å². The van der Waals surface area contributed by atoms with E-state index in [0.29, 0.717) is 12.1 Å². The molecule has 1 heterocycles. The number of nitrogens with zero attached hydrogens (tertiary/aromatic N) is 2. The molecule has 1 aliphatic heterocycles. The summed E-state index contributed by atoms with van der Waals surface area (Å²) in [6.45, 7) is 4.22. The zero-order chi connectivity index (χ0) is 12.3. The van der Waals surface area contributed by atoms with Crippen molar-refractivity contribution in [1.29, 1.82) is 0 Å². The van der Waals surface area contributed by atoms with E-state index in [1.807, 2.05) is 0 Å². The molecule has 0 spiro atoms. The van der Waals surface area contributed by atoms with Crippen molar-refractivity contribution in [3.05, 3.63) is 29.8 Å². The van der Waals surface area contributed by atoms with Crippen molar-refractivity contribution in [3.8, 4) is 0 Å². The lowest BCUT2D eigenvalue weighted by atomic mass is 10.0. The fourth-order valence-electron chi connectivity index (χ4n) is 2.43. The van der Waals surface area contributed by atoms with Crippen LogP contribution in [-0.2, 0) is 0 Å². The highest BCUT2D eigenvalue weighted by atomic mass is 15.1. The summed E-state index contributed by atoms with van der Waals surface area (Å²) >= 11 is 0. The highest BCUT2D eigenvalue weighted by molar-refractivity contribution is 5.53. The van der Waals surface area contributed by atoms with Crippen molar-refractivity contribution in [2.45, 2.75) is 25.4 Å². The smallest absolute Gasteiger partial charge is 0.0409 e. The van der Waals surface area contributed by atoms with Crippen LogP contribution in [0.4, 0.5) is 5.69 Å². The minimum absolute atomic E-state index is 0.381. The zero-order valence-corrected chi connectivity index (χ0v) is 11.0. The van der Waals surface area contributed by atoms with E-state index in [2.05, 4.69) is 60.8 Å². The molecule has 3 heteroatoms. The molecule has 2 atom stereocenters. The van der Waals surface area contributed by atoms with Crippen molar-refractivity contribution in [1.82, 2.24) is 10.6 Å². The van der Waals surface area contributed by atoms with Gasteiger partial charge in [-0.05, 0) is 25.0 Å². The molecule has 0 aromatic heterocycles. The van der Waals surface area contributed by atoms with Gasteiger partial charge in [-0.1, -0.05) is 18.2 Å². The largest absolute Gasteiger partial charge is 0.377 e. The molecular formula is C14H22N3. The molecule has 1 aromatic rings. The fraction of sp³-hybridized carbons (Fsp3) is 0.571. The lowest BCUT2D eigenvalue weighted by Gasteiger charge is -2.24. The molecule has 0 bridgehead atoms. The first kappa shape index (κ1) is 12.4. The van der Waals surface area contributed by atoms with E-state index in [0.717, 1.165) is 13.1 Å². The van der Waals surface area contributed by atoms with Gasteiger partial charge < -0.3 is 10.2 Å². The molecule has 3 nitrogen and oxygen atoms in total. The van der Waals surface area contributed by atoms with Crippen molar-refractivity contribution in [2.75, 3.05) is 32.1 Å². The van der Waals surface area contributed by atoms with E-state index in [1.54, 1.807) is 0 Å². The normalized spacial score (nSPS) is 21.5. The minimum Gasteiger partial charge on any atom is -0.377 e. The summed E-state index contributed by atoms with van der Waals surface area (Å²) in [4.78, 5) is 2.17. The molecular weight excluding hydrogens is 210 g/mol. The van der Waals surface area contributed by atoms with Gasteiger partial charge in [-0.25, -0.2) is 5.32 Å². The molecule has 1 N–H and O–H groups in total. The monoisotopic (exact) mass is 232 g/mol. The van der Waals surface area contributed by atoms with Gasteiger partial charge in [0.15, 0.2) is 0 Å². The van der Waals surface area contributed by atoms with Gasteiger partial charge in [0.1, 0.15) is 0 Å². The van der Waals surface area contributed by atoms with Gasteiger partial charge in [0.2, 0.25) is 0 Å². The van der Waals surface area contributed by atoms with Crippen LogP contribution in [0.15, 0.2) is 24.3 Å². The summed E-state index contributed by atoms with van der Waals surface area (Å²) in [6, 6.07) is 9.52. The first-order valence-electron chi connectivity index (χ1n) is 6.34. The second-order valence-electron chi connectivity index (χ2n) is 4.96. The van der Waals surface area contributed by atoms with Crippen LogP contribution in [-0.4, -0.2) is 33.2 Å². The van der Waals surface area contributed by atoms with Crippen LogP contribution >= 0.6 is 0 Å². The van der Waals surface area contributed by atoms with Gasteiger partial charge in [0.05, 0.1) is 0 Å². The van der Waals surface area contributed by atoms with Crippen LogP contribution < -0.4 is 15.5 Å². The Morgan fingerprint density at radius 2 is 2.12 bits per heavy atom. The summed E-state index contributed by atoms with van der Waals surface area (Å²) in [7, 11) is 4.19. The van der Waals surface area contributed by atoms with E-state index in [-0.39, 0.29) is 0 Å². The number of hydrogen-bond acceptors (Lipinski definition) is 2. The number of rotatable bonds is 4. The number of anilines is 1. The summed E-state index contributed by atoms with van der Waals surface area (Å²) < 4.78 is 0. The molecule has 1 unspecified atom stereocenters. The standard InChI is InChI=1S/C14H22N3/c1-11(16-12-8-9-15-10-12)13-6-4-5-7-14(13)17(2)3/h4-7,11-12,16H,8-10H2,1-3H3/t11?,12-/m0/s1. The third kappa shape index (κ3) is 2.99. The van der Waals surface area contributed by atoms with Crippen molar-refractivity contribution in [2.24, 2.45) is 0 Å². The van der Waals surface area contributed by atoms with Gasteiger partial charge in [0.25, 0.3) is 0 Å². The first-order chi connectivity index (χ1) is 8.18. The van der Waals surface area contributed by atoms with Gasteiger partial charge in [-0.2, -0.15) is 0 Å². The second-order valence-corrected chi connectivity index (χ2v) is 4.96. The van der Waals surface area contributed by atoms with Gasteiger partial charge >= 0.3 is 0 Å². The Labute approximate surface area is 104 Å². The van der Waals surface area contributed by atoms with Crippen LogP contribution in [0.1, 0.15) is 24.9 Å². The van der Waals surface area contributed by atoms with Crippen LogP contribution in [0.3, 0.4) is 0 Å². The Hall–Kier alpha value is -1.06. The van der Waals surface area contributed by atoms with E-state index < -0.39 is 0 Å².